The van der Waals surface area contributed by atoms with E-state index in [9.17, 15) is 4.79 Å². The van der Waals surface area contributed by atoms with Crippen LogP contribution in [0.5, 0.6) is 0 Å². The number of ether oxygens (including phenoxy) is 1. The summed E-state index contributed by atoms with van der Waals surface area (Å²) >= 11 is 7.35. The highest BCUT2D eigenvalue weighted by molar-refractivity contribution is 7.98. The Morgan fingerprint density at radius 3 is 2.18 bits per heavy atom. The van der Waals surface area contributed by atoms with Crippen LogP contribution < -0.4 is 0 Å². The molecule has 0 N–H and O–H groups in total. The molecular formula is C32H30N2O2S2. The molecule has 0 bridgehead atoms. The third kappa shape index (κ3) is 5.52. The Hall–Kier alpha value is -3.48. The van der Waals surface area contributed by atoms with Crippen LogP contribution in [0.4, 0.5) is 0 Å². The summed E-state index contributed by atoms with van der Waals surface area (Å²) in [6, 6.07) is 24.6. The lowest BCUT2D eigenvalue weighted by atomic mass is 9.83. The number of rotatable bonds is 5. The highest BCUT2D eigenvalue weighted by Crippen LogP contribution is 2.41. The highest BCUT2D eigenvalue weighted by Gasteiger charge is 2.26. The third-order valence-electron chi connectivity index (χ3n) is 6.46. The Bertz CT molecular complexity index is 1550. The Morgan fingerprint density at radius 2 is 1.58 bits per heavy atom. The minimum Gasteiger partial charge on any atom is -0.456 e. The molecule has 1 aliphatic carbocycles. The summed E-state index contributed by atoms with van der Waals surface area (Å²) in [6.45, 7) is 6.11. The second kappa shape index (κ2) is 10.7. The first-order chi connectivity index (χ1) is 18.2. The van der Waals surface area contributed by atoms with Crippen LogP contribution >= 0.6 is 24.0 Å². The molecule has 4 aromatic rings. The first-order valence-corrected chi connectivity index (χ1v) is 14.2. The molecule has 0 radical (unpaired) electrons. The molecule has 0 saturated carbocycles. The maximum Gasteiger partial charge on any atom is 0.338 e. The minimum absolute atomic E-state index is 0.00213. The van der Waals surface area contributed by atoms with Crippen LogP contribution in [-0.4, -0.2) is 27.4 Å². The number of nitrogens with zero attached hydrogens (tertiary/aromatic N) is 2. The summed E-state index contributed by atoms with van der Waals surface area (Å²) in [6.07, 6.45) is 8.57. The first-order valence-electron chi connectivity index (χ1n) is 12.6. The molecule has 1 aromatic heterocycles. The maximum absolute atomic E-state index is 12.7. The fraction of sp³-hybridized carbons (Fsp3) is 0.219. The summed E-state index contributed by atoms with van der Waals surface area (Å²) in [5, 5.41) is 0.922. The lowest BCUT2D eigenvalue weighted by Crippen LogP contribution is -2.24. The van der Waals surface area contributed by atoms with Gasteiger partial charge >= 0.3 is 5.97 Å². The number of hydrogen-bond donors (Lipinski definition) is 0. The van der Waals surface area contributed by atoms with E-state index < -0.39 is 5.60 Å². The Balaban J connectivity index is 1.60. The van der Waals surface area contributed by atoms with Crippen LogP contribution in [0.25, 0.3) is 12.2 Å². The topological polar surface area (TPSA) is 44.1 Å². The second-order valence-corrected chi connectivity index (χ2v) is 11.5. The molecule has 0 amide bonds. The molecule has 4 nitrogen and oxygen atoms in total. The monoisotopic (exact) mass is 538 g/mol. The van der Waals surface area contributed by atoms with Gasteiger partial charge in [-0.3, -0.25) is 0 Å². The predicted octanol–water partition coefficient (Wildman–Crippen LogP) is 8.00. The van der Waals surface area contributed by atoms with E-state index in [4.69, 9.17) is 21.9 Å². The average molecular weight is 539 g/mol. The number of fused-ring (bicyclic) bond motifs is 2. The van der Waals surface area contributed by atoms with Gasteiger partial charge in [-0.05, 0) is 79.2 Å². The number of benzene rings is 3. The van der Waals surface area contributed by atoms with Crippen LogP contribution in [-0.2, 0) is 11.3 Å². The van der Waals surface area contributed by atoms with E-state index in [0.717, 1.165) is 16.2 Å². The van der Waals surface area contributed by atoms with Gasteiger partial charge < -0.3 is 9.30 Å². The second-order valence-electron chi connectivity index (χ2n) is 10.3. The molecule has 5 rings (SSSR count). The van der Waals surface area contributed by atoms with Crippen LogP contribution in [0.15, 0.2) is 84.0 Å². The van der Waals surface area contributed by atoms with E-state index in [0.29, 0.717) is 16.9 Å². The van der Waals surface area contributed by atoms with Gasteiger partial charge in [0.1, 0.15) is 10.6 Å². The van der Waals surface area contributed by atoms with Gasteiger partial charge in [0.25, 0.3) is 0 Å². The molecule has 38 heavy (non-hydrogen) atoms. The molecule has 0 spiro atoms. The van der Waals surface area contributed by atoms with Crippen molar-refractivity contribution < 1.29 is 9.53 Å². The fourth-order valence-electron chi connectivity index (χ4n) is 4.83. The zero-order chi connectivity index (χ0) is 26.9. The smallest absolute Gasteiger partial charge is 0.338 e. The van der Waals surface area contributed by atoms with Crippen LogP contribution in [0.2, 0.25) is 0 Å². The van der Waals surface area contributed by atoms with Crippen LogP contribution in [0, 0.1) is 4.77 Å². The van der Waals surface area contributed by atoms with Gasteiger partial charge in [-0.1, -0.05) is 72.8 Å². The van der Waals surface area contributed by atoms with Crippen molar-refractivity contribution in [3.8, 4) is 0 Å². The quantitative estimate of drug-likeness (QED) is 0.0982. The van der Waals surface area contributed by atoms with Crippen molar-refractivity contribution in [3.05, 3.63) is 123 Å². The molecule has 0 unspecified atom stereocenters. The van der Waals surface area contributed by atoms with Gasteiger partial charge in [-0.2, -0.15) is 0 Å². The predicted molar refractivity (Wildman–Crippen MR) is 158 cm³/mol. The van der Waals surface area contributed by atoms with Gasteiger partial charge in [0.05, 0.1) is 5.56 Å². The van der Waals surface area contributed by atoms with E-state index in [-0.39, 0.29) is 11.9 Å². The van der Waals surface area contributed by atoms with Gasteiger partial charge in [-0.25, -0.2) is 9.78 Å². The van der Waals surface area contributed by atoms with Crippen molar-refractivity contribution >= 4 is 42.1 Å². The largest absolute Gasteiger partial charge is 0.456 e. The highest BCUT2D eigenvalue weighted by atomic mass is 32.2. The normalized spacial score (nSPS) is 12.9. The number of aromatic nitrogens is 2. The molecule has 0 atom stereocenters. The third-order valence-corrected chi connectivity index (χ3v) is 7.50. The molecule has 1 aliphatic rings. The average Bonchev–Trinajstić information content (AvgIpc) is 3.06. The van der Waals surface area contributed by atoms with E-state index >= 15 is 0 Å². The van der Waals surface area contributed by atoms with Gasteiger partial charge in [0.15, 0.2) is 0 Å². The van der Waals surface area contributed by atoms with E-state index in [1.165, 1.54) is 22.3 Å². The number of carbonyl (C=O) groups excluding carboxylic acids is 1. The Labute approximate surface area is 233 Å². The number of thioether (sulfide) groups is 1. The maximum atomic E-state index is 12.7. The van der Waals surface area contributed by atoms with Crippen molar-refractivity contribution in [1.82, 2.24) is 9.55 Å². The summed E-state index contributed by atoms with van der Waals surface area (Å²) in [4.78, 5) is 17.5. The summed E-state index contributed by atoms with van der Waals surface area (Å²) in [5.41, 5.74) is 6.90. The SMILES string of the molecule is CSc1nc(=S)n(Cc2cccc(C(=O)OC(C)(C)C)c2)cc1C1c2ccccc2C=Cc2ccccc21. The molecule has 1 heterocycles. The fourth-order valence-corrected chi connectivity index (χ4v) is 5.68. The van der Waals surface area contributed by atoms with E-state index in [2.05, 4.69) is 66.9 Å². The van der Waals surface area contributed by atoms with Gasteiger partial charge in [-0.15, -0.1) is 11.8 Å². The lowest BCUT2D eigenvalue weighted by Gasteiger charge is -2.24. The van der Waals surface area contributed by atoms with Gasteiger partial charge in [0, 0.05) is 24.2 Å². The van der Waals surface area contributed by atoms with Crippen molar-refractivity contribution in [2.24, 2.45) is 0 Å². The molecule has 192 valence electrons. The molecule has 3 aromatic carbocycles. The van der Waals surface area contributed by atoms with Crippen molar-refractivity contribution in [3.63, 3.8) is 0 Å². The van der Waals surface area contributed by atoms with Crippen LogP contribution in [0.1, 0.15) is 70.4 Å². The molecular weight excluding hydrogens is 508 g/mol. The molecule has 0 aliphatic heterocycles. The van der Waals surface area contributed by atoms with Crippen molar-refractivity contribution in [2.45, 2.75) is 43.9 Å². The summed E-state index contributed by atoms with van der Waals surface area (Å²) in [7, 11) is 0. The first kappa shape index (κ1) is 26.1. The zero-order valence-corrected chi connectivity index (χ0v) is 23.6. The number of hydrogen-bond acceptors (Lipinski definition) is 5. The van der Waals surface area contributed by atoms with Crippen LogP contribution in [0.3, 0.4) is 0 Å². The van der Waals surface area contributed by atoms with Crippen molar-refractivity contribution in [2.75, 3.05) is 6.26 Å². The Kier molecular flexibility index (Phi) is 7.37. The van der Waals surface area contributed by atoms with Crippen molar-refractivity contribution in [1.29, 1.82) is 0 Å². The number of esters is 1. The molecule has 6 heteroatoms. The van der Waals surface area contributed by atoms with Gasteiger partial charge in [0.2, 0.25) is 4.77 Å². The standard InChI is InChI=1S/C32H30N2O2S2/c1-32(2,3)36-30(35)24-13-9-10-21(18-24)19-34-20-27(29(38-4)33-31(34)37)28-25-14-7-5-11-22(25)16-17-23-12-6-8-15-26(23)28/h5-18,20,28H,19H2,1-4H3. The number of carbonyl (C=O) groups is 1. The van der Waals surface area contributed by atoms with E-state index in [1.54, 1.807) is 17.8 Å². The lowest BCUT2D eigenvalue weighted by molar-refractivity contribution is 0.00694. The molecule has 0 saturated heterocycles. The Morgan fingerprint density at radius 1 is 0.947 bits per heavy atom. The molecule has 0 fully saturated rings. The minimum atomic E-state index is -0.553. The summed E-state index contributed by atoms with van der Waals surface area (Å²) < 4.78 is 8.08. The zero-order valence-electron chi connectivity index (χ0n) is 22.0. The van der Waals surface area contributed by atoms with E-state index in [1.807, 2.05) is 49.8 Å². The summed E-state index contributed by atoms with van der Waals surface area (Å²) in [5.74, 6) is -0.332.